The van der Waals surface area contributed by atoms with E-state index in [-0.39, 0.29) is 28.4 Å². The van der Waals surface area contributed by atoms with E-state index in [0.717, 1.165) is 40.7 Å². The lowest BCUT2D eigenvalue weighted by Gasteiger charge is -2.69. The molecule has 1 N–H and O–H groups in total. The second kappa shape index (κ2) is 6.06. The summed E-state index contributed by atoms with van der Waals surface area (Å²) in [4.78, 5) is 17.4. The molecule has 3 aliphatic rings. The van der Waals surface area contributed by atoms with Gasteiger partial charge < -0.3 is 9.73 Å². The first-order valence-electron chi connectivity index (χ1n) is 9.27. The molecule has 152 valence electrons. The van der Waals surface area contributed by atoms with Crippen LogP contribution in [-0.2, 0) is 15.3 Å². The van der Waals surface area contributed by atoms with E-state index in [2.05, 4.69) is 5.32 Å². The molecule has 0 radical (unpaired) electrons. The zero-order valence-corrected chi connectivity index (χ0v) is 18.2. The second-order valence-electron chi connectivity index (χ2n) is 8.35. The molecule has 2 heterocycles. The highest BCUT2D eigenvalue weighted by atomic mass is 35.5. The minimum atomic E-state index is -3.28. The van der Waals surface area contributed by atoms with Gasteiger partial charge in [-0.15, -0.1) is 11.3 Å². The molecular formula is C20H19ClN2O4S2. The van der Waals surface area contributed by atoms with Crippen LogP contribution < -0.4 is 5.32 Å². The smallest absolute Gasteiger partial charge is 0.287 e. The van der Waals surface area contributed by atoms with E-state index >= 15 is 0 Å². The summed E-state index contributed by atoms with van der Waals surface area (Å²) in [5, 5.41) is 4.10. The highest BCUT2D eigenvalue weighted by Gasteiger charge is 2.70. The van der Waals surface area contributed by atoms with Crippen LogP contribution in [0.25, 0.3) is 10.2 Å². The van der Waals surface area contributed by atoms with Crippen LogP contribution in [-0.4, -0.2) is 31.1 Å². The minimum absolute atomic E-state index is 0.0442. The topological polar surface area (TPSA) is 89.3 Å². The zero-order chi connectivity index (χ0) is 20.6. The van der Waals surface area contributed by atoms with E-state index < -0.39 is 15.1 Å². The van der Waals surface area contributed by atoms with E-state index in [0.29, 0.717) is 5.02 Å². The summed E-state index contributed by atoms with van der Waals surface area (Å²) in [6.45, 7) is 1.55. The molecule has 3 aromatic rings. The maximum Gasteiger partial charge on any atom is 0.287 e. The molecule has 1 atom stereocenters. The number of halogens is 1. The Kier molecular flexibility index (Phi) is 3.99. The van der Waals surface area contributed by atoms with Crippen molar-refractivity contribution < 1.29 is 17.6 Å². The van der Waals surface area contributed by atoms with Gasteiger partial charge in [-0.3, -0.25) is 4.79 Å². The van der Waals surface area contributed by atoms with Crippen molar-refractivity contribution in [3.8, 4) is 0 Å². The Bertz CT molecular complexity index is 1240. The third kappa shape index (κ3) is 3.00. The van der Waals surface area contributed by atoms with Gasteiger partial charge in [0, 0.05) is 22.2 Å². The molecule has 1 amide bonds. The molecule has 0 spiro atoms. The van der Waals surface area contributed by atoms with Gasteiger partial charge in [-0.05, 0) is 56.5 Å². The van der Waals surface area contributed by atoms with E-state index in [9.17, 15) is 13.2 Å². The first-order valence-corrected chi connectivity index (χ1v) is 12.4. The quantitative estimate of drug-likeness (QED) is 0.627. The van der Waals surface area contributed by atoms with Crippen LogP contribution >= 0.6 is 22.9 Å². The van der Waals surface area contributed by atoms with E-state index in [1.807, 2.05) is 18.2 Å². The molecule has 3 saturated carbocycles. The van der Waals surface area contributed by atoms with Gasteiger partial charge in [-0.25, -0.2) is 13.4 Å². The average molecular weight is 451 g/mol. The predicted molar refractivity (Wildman–Crippen MR) is 112 cm³/mol. The van der Waals surface area contributed by atoms with Crippen LogP contribution in [0, 0.1) is 0 Å². The third-order valence-corrected chi connectivity index (χ3v) is 9.12. The van der Waals surface area contributed by atoms with Crippen molar-refractivity contribution in [3.05, 3.63) is 51.9 Å². The summed E-state index contributed by atoms with van der Waals surface area (Å²) < 4.78 is 30.0. The van der Waals surface area contributed by atoms with Crippen molar-refractivity contribution in [1.29, 1.82) is 0 Å². The molecule has 0 saturated heterocycles. The lowest BCUT2D eigenvalue weighted by molar-refractivity contribution is -0.0811. The number of benzene rings is 1. The number of rotatable bonds is 5. The monoisotopic (exact) mass is 450 g/mol. The normalized spacial score (nSPS) is 26.6. The summed E-state index contributed by atoms with van der Waals surface area (Å²) in [5.41, 5.74) is 0.783. The Morgan fingerprint density at radius 3 is 2.69 bits per heavy atom. The summed E-state index contributed by atoms with van der Waals surface area (Å²) in [7, 11) is -3.28. The standard InChI is InChI=1S/C20H19ClN2O4S2/c1-11(29(2,25)26)14-5-6-15(27-14)17(24)23-20-8-19(9-20,10-20)18-22-13-4-3-12(21)7-16(13)28-18/h3-7,11H,8-10H2,1-2H3,(H,23,24)/t11-,19?,20?/m0/s1. The number of thiazole rings is 1. The summed E-state index contributed by atoms with van der Waals surface area (Å²) >= 11 is 7.74. The Balaban J connectivity index is 1.27. The first kappa shape index (κ1) is 19.1. The molecule has 3 aliphatic carbocycles. The van der Waals surface area contributed by atoms with Gasteiger partial charge in [0.1, 0.15) is 16.0 Å². The van der Waals surface area contributed by atoms with Gasteiger partial charge in [-0.1, -0.05) is 11.6 Å². The molecule has 0 aliphatic heterocycles. The molecule has 2 bridgehead atoms. The van der Waals surface area contributed by atoms with Crippen LogP contribution in [0.3, 0.4) is 0 Å². The summed E-state index contributed by atoms with van der Waals surface area (Å²) in [6, 6.07) is 8.81. The Morgan fingerprint density at radius 1 is 1.28 bits per heavy atom. The van der Waals surface area contributed by atoms with Crippen LogP contribution in [0.5, 0.6) is 0 Å². The number of hydrogen-bond acceptors (Lipinski definition) is 6. The van der Waals surface area contributed by atoms with Crippen molar-refractivity contribution in [3.63, 3.8) is 0 Å². The number of fused-ring (bicyclic) bond motifs is 1. The number of sulfone groups is 1. The Morgan fingerprint density at radius 2 is 2.00 bits per heavy atom. The van der Waals surface area contributed by atoms with Gasteiger partial charge in [0.05, 0.1) is 10.2 Å². The lowest BCUT2D eigenvalue weighted by atomic mass is 9.39. The summed E-state index contributed by atoms with van der Waals surface area (Å²) in [6.07, 6.45) is 3.71. The average Bonchev–Trinajstić information content (AvgIpc) is 3.21. The van der Waals surface area contributed by atoms with E-state index in [1.165, 1.54) is 6.07 Å². The van der Waals surface area contributed by atoms with Crippen molar-refractivity contribution in [2.75, 3.05) is 6.26 Å². The van der Waals surface area contributed by atoms with Gasteiger partial charge in [0.15, 0.2) is 15.6 Å². The molecular weight excluding hydrogens is 432 g/mol. The van der Waals surface area contributed by atoms with Crippen LogP contribution in [0.15, 0.2) is 34.7 Å². The first-order chi connectivity index (χ1) is 13.6. The minimum Gasteiger partial charge on any atom is -0.455 e. The number of aromatic nitrogens is 1. The van der Waals surface area contributed by atoms with Crippen molar-refractivity contribution in [2.45, 2.75) is 42.4 Å². The van der Waals surface area contributed by atoms with Crippen molar-refractivity contribution in [2.24, 2.45) is 0 Å². The molecule has 9 heteroatoms. The number of nitrogens with zero attached hydrogens (tertiary/aromatic N) is 1. The number of nitrogens with one attached hydrogen (secondary N) is 1. The van der Waals surface area contributed by atoms with Crippen LogP contribution in [0.2, 0.25) is 5.02 Å². The molecule has 0 unspecified atom stereocenters. The zero-order valence-electron chi connectivity index (χ0n) is 15.9. The predicted octanol–water partition coefficient (Wildman–Crippen LogP) is 4.25. The number of carbonyl (C=O) groups excluding carboxylic acids is 1. The van der Waals surface area contributed by atoms with Crippen LogP contribution in [0.4, 0.5) is 0 Å². The van der Waals surface area contributed by atoms with E-state index in [4.69, 9.17) is 21.0 Å². The van der Waals surface area contributed by atoms with Gasteiger partial charge in [-0.2, -0.15) is 0 Å². The number of hydrogen-bond donors (Lipinski definition) is 1. The number of furan rings is 1. The molecule has 2 aromatic heterocycles. The third-order valence-electron chi connectivity index (χ3n) is 6.11. The molecule has 1 aromatic carbocycles. The van der Waals surface area contributed by atoms with Crippen molar-refractivity contribution in [1.82, 2.24) is 10.3 Å². The van der Waals surface area contributed by atoms with E-state index in [1.54, 1.807) is 24.3 Å². The summed E-state index contributed by atoms with van der Waals surface area (Å²) in [5.74, 6) is 0.116. The number of carbonyl (C=O) groups is 1. The highest BCUT2D eigenvalue weighted by Crippen LogP contribution is 2.68. The van der Waals surface area contributed by atoms with Gasteiger partial charge in [0.2, 0.25) is 0 Å². The van der Waals surface area contributed by atoms with Gasteiger partial charge in [0.25, 0.3) is 5.91 Å². The molecule has 3 fully saturated rings. The fourth-order valence-corrected chi connectivity index (χ4v) is 6.45. The molecule has 6 nitrogen and oxygen atoms in total. The van der Waals surface area contributed by atoms with Gasteiger partial charge >= 0.3 is 0 Å². The Labute approximate surface area is 177 Å². The second-order valence-corrected chi connectivity index (χ2v) is 12.2. The maximum absolute atomic E-state index is 12.6. The molecule has 29 heavy (non-hydrogen) atoms. The van der Waals surface area contributed by atoms with Crippen LogP contribution in [0.1, 0.15) is 52.8 Å². The fraction of sp³-hybridized carbons (Fsp3) is 0.400. The maximum atomic E-state index is 12.6. The lowest BCUT2D eigenvalue weighted by Crippen LogP contribution is -2.76. The van der Waals surface area contributed by atoms with Crippen molar-refractivity contribution >= 4 is 48.9 Å². The molecule has 6 rings (SSSR count). The largest absolute Gasteiger partial charge is 0.455 e. The highest BCUT2D eigenvalue weighted by molar-refractivity contribution is 7.90. The Hall–Kier alpha value is -1.90. The SMILES string of the molecule is C[C@@H](c1ccc(C(=O)NC23CC(c4nc5ccc(Cl)cc5s4)(C2)C3)o1)S(C)(=O)=O. The number of amides is 1. The fourth-order valence-electron chi connectivity index (χ4n) is 4.48.